The summed E-state index contributed by atoms with van der Waals surface area (Å²) >= 11 is 0. The van der Waals surface area contributed by atoms with Crippen molar-refractivity contribution in [3.8, 4) is 0 Å². The van der Waals surface area contributed by atoms with Gasteiger partial charge in [-0.2, -0.15) is 0 Å². The standard InChI is InChI=1S/C12H23NO3.C11H19NO3.C4H8O.CH3.BrH.Mg/c1-9(14)10-5-7-13(8-6-10)11(15)16-12(2,3)4;1-11(2,3)15-10(14)12-6-4-9(8-13)5-7-12;1-2-4-5-3-1;;;/h9-10,14H,5-8H2,1-4H3;8-9H,4-7H2,1-3H3;1-4H2;1H3;1H;/q;;;-1;;+2/p-1. The minimum atomic E-state index is -0.446. The molecule has 0 aromatic rings. The topological polar surface area (TPSA) is 106 Å². The minimum Gasteiger partial charge on any atom is -1.00 e. The fourth-order valence-corrected chi connectivity index (χ4v) is 3.95. The molecule has 226 valence electrons. The molecule has 3 aliphatic rings. The Morgan fingerprint density at radius 1 is 0.846 bits per heavy atom. The van der Waals surface area contributed by atoms with Gasteiger partial charge in [-0.25, -0.2) is 9.59 Å². The van der Waals surface area contributed by atoms with E-state index >= 15 is 0 Å². The molecule has 3 saturated heterocycles. The molecule has 1 unspecified atom stereocenters. The first-order chi connectivity index (χ1) is 16.7. The van der Waals surface area contributed by atoms with Crippen molar-refractivity contribution >= 4 is 41.5 Å². The number of carbonyl (C=O) groups excluding carboxylic acids is 3. The zero-order chi connectivity index (χ0) is 27.4. The molecule has 39 heavy (non-hydrogen) atoms. The van der Waals surface area contributed by atoms with Crippen LogP contribution in [0.25, 0.3) is 0 Å². The molecule has 1 N–H and O–H groups in total. The van der Waals surface area contributed by atoms with Crippen molar-refractivity contribution in [1.82, 2.24) is 9.80 Å². The smallest absolute Gasteiger partial charge is 1.00 e. The monoisotopic (exact) mass is 632 g/mol. The van der Waals surface area contributed by atoms with Crippen LogP contribution in [-0.4, -0.2) is 113 Å². The Labute approximate surface area is 264 Å². The molecule has 2 amide bonds. The van der Waals surface area contributed by atoms with E-state index in [2.05, 4.69) is 0 Å². The largest absolute Gasteiger partial charge is 2.00 e. The third-order valence-electron chi connectivity index (χ3n) is 6.08. The summed E-state index contributed by atoms with van der Waals surface area (Å²) in [5, 5.41) is 9.45. The summed E-state index contributed by atoms with van der Waals surface area (Å²) in [6.07, 6.45) is 5.97. The number of amides is 2. The fraction of sp³-hybridized carbons (Fsp3) is 0.857. The first kappa shape index (κ1) is 42.8. The molecular weight excluding hydrogens is 581 g/mol. The van der Waals surface area contributed by atoms with E-state index < -0.39 is 11.2 Å². The predicted molar refractivity (Wildman–Crippen MR) is 151 cm³/mol. The number of hydrogen-bond acceptors (Lipinski definition) is 7. The van der Waals surface area contributed by atoms with E-state index in [4.69, 9.17) is 14.2 Å². The van der Waals surface area contributed by atoms with Gasteiger partial charge in [0.1, 0.15) is 17.5 Å². The van der Waals surface area contributed by atoms with Gasteiger partial charge in [-0.1, -0.05) is 0 Å². The maximum Gasteiger partial charge on any atom is 2.00 e. The van der Waals surface area contributed by atoms with Gasteiger partial charge >= 0.3 is 35.2 Å². The van der Waals surface area contributed by atoms with Crippen LogP contribution in [0.5, 0.6) is 0 Å². The van der Waals surface area contributed by atoms with Crippen LogP contribution in [-0.2, 0) is 19.0 Å². The number of carbonyl (C=O) groups is 3. The van der Waals surface area contributed by atoms with Crippen molar-refractivity contribution < 1.29 is 50.7 Å². The van der Waals surface area contributed by atoms with Crippen molar-refractivity contribution in [3.63, 3.8) is 0 Å². The Balaban J connectivity index is -0.000000528. The summed E-state index contributed by atoms with van der Waals surface area (Å²) in [4.78, 5) is 37.3. The number of aldehydes is 1. The number of piperidine rings is 2. The van der Waals surface area contributed by atoms with Crippen LogP contribution in [0, 0.1) is 19.3 Å². The first-order valence-electron chi connectivity index (χ1n) is 13.4. The fourth-order valence-electron chi connectivity index (χ4n) is 3.95. The zero-order valence-electron chi connectivity index (χ0n) is 25.7. The Morgan fingerprint density at radius 2 is 1.21 bits per heavy atom. The van der Waals surface area contributed by atoms with Gasteiger partial charge in [0.25, 0.3) is 0 Å². The van der Waals surface area contributed by atoms with Gasteiger partial charge in [-0.3, -0.25) is 0 Å². The van der Waals surface area contributed by atoms with Gasteiger partial charge in [-0.05, 0) is 92.9 Å². The van der Waals surface area contributed by atoms with Crippen LogP contribution >= 0.6 is 0 Å². The number of aliphatic hydroxyl groups excluding tert-OH is 1. The zero-order valence-corrected chi connectivity index (χ0v) is 28.7. The number of rotatable bonds is 2. The Morgan fingerprint density at radius 3 is 1.46 bits per heavy atom. The van der Waals surface area contributed by atoms with Gasteiger partial charge in [-0.15, -0.1) is 0 Å². The SMILES string of the molecule is C1CCOC1.CC(C)(C)OC(=O)N1CCC(C=O)CC1.CC(O)C1CCN(C(=O)OC(C)(C)C)CC1.[Br-].[CH3-].[Mg+2]. The summed E-state index contributed by atoms with van der Waals surface area (Å²) < 4.78 is 15.5. The summed E-state index contributed by atoms with van der Waals surface area (Å²) in [5.41, 5.74) is -0.878. The van der Waals surface area contributed by atoms with Crippen LogP contribution in [0.15, 0.2) is 0 Å². The third kappa shape index (κ3) is 20.0. The van der Waals surface area contributed by atoms with Crippen molar-refractivity contribution in [1.29, 1.82) is 0 Å². The van der Waals surface area contributed by atoms with Crippen LogP contribution in [0.4, 0.5) is 9.59 Å². The average molecular weight is 634 g/mol. The molecule has 0 aromatic heterocycles. The van der Waals surface area contributed by atoms with E-state index in [0.717, 1.165) is 45.2 Å². The summed E-state index contributed by atoms with van der Waals surface area (Å²) in [6, 6.07) is 0. The summed E-state index contributed by atoms with van der Waals surface area (Å²) in [6.45, 7) is 17.6. The number of aliphatic hydroxyl groups is 1. The van der Waals surface area contributed by atoms with Crippen LogP contribution < -0.4 is 17.0 Å². The second-order valence-electron chi connectivity index (χ2n) is 11.8. The van der Waals surface area contributed by atoms with E-state index in [-0.39, 0.29) is 71.7 Å². The van der Waals surface area contributed by atoms with Crippen molar-refractivity contribution in [2.24, 2.45) is 11.8 Å². The molecule has 3 aliphatic heterocycles. The summed E-state index contributed by atoms with van der Waals surface area (Å²) in [7, 11) is 0. The average Bonchev–Trinajstić information content (AvgIpc) is 3.38. The molecule has 0 aliphatic carbocycles. The van der Waals surface area contributed by atoms with Crippen LogP contribution in [0.3, 0.4) is 0 Å². The number of hydrogen-bond donors (Lipinski definition) is 1. The second kappa shape index (κ2) is 21.1. The van der Waals surface area contributed by atoms with Gasteiger partial charge < -0.3 is 58.3 Å². The normalized spacial score (nSPS) is 18.8. The Hall–Kier alpha value is -0.624. The number of ether oxygens (including phenoxy) is 3. The number of likely N-dealkylation sites (tertiary alicyclic amines) is 2. The molecule has 0 saturated carbocycles. The van der Waals surface area contributed by atoms with Gasteiger partial charge in [0, 0.05) is 45.3 Å². The van der Waals surface area contributed by atoms with Crippen molar-refractivity contribution in [3.05, 3.63) is 7.43 Å². The molecule has 9 nitrogen and oxygen atoms in total. The van der Waals surface area contributed by atoms with Gasteiger partial charge in [0.15, 0.2) is 0 Å². The molecule has 3 rings (SSSR count). The number of halogens is 1. The molecule has 0 aromatic carbocycles. The predicted octanol–water partition coefficient (Wildman–Crippen LogP) is 1.72. The molecule has 0 bridgehead atoms. The summed E-state index contributed by atoms with van der Waals surface area (Å²) in [5.74, 6) is 0.433. The van der Waals surface area contributed by atoms with E-state index in [1.54, 1.807) is 9.80 Å². The Kier molecular flexibility index (Phi) is 23.2. The van der Waals surface area contributed by atoms with Gasteiger partial charge in [0.05, 0.1) is 6.10 Å². The minimum absolute atomic E-state index is 0. The van der Waals surface area contributed by atoms with E-state index in [0.29, 0.717) is 32.1 Å². The number of nitrogens with zero attached hydrogens (tertiary/aromatic N) is 2. The molecule has 1 atom stereocenters. The maximum absolute atomic E-state index is 11.7. The second-order valence-corrected chi connectivity index (χ2v) is 11.8. The van der Waals surface area contributed by atoms with E-state index in [1.165, 1.54) is 12.8 Å². The molecule has 11 heteroatoms. The molecule has 0 radical (unpaired) electrons. The van der Waals surface area contributed by atoms with Gasteiger partial charge in [0.2, 0.25) is 0 Å². The third-order valence-corrected chi connectivity index (χ3v) is 6.08. The van der Waals surface area contributed by atoms with Crippen molar-refractivity contribution in [2.45, 2.75) is 104 Å². The van der Waals surface area contributed by atoms with Crippen LogP contribution in [0.1, 0.15) is 87.0 Å². The van der Waals surface area contributed by atoms with E-state index in [9.17, 15) is 19.5 Å². The Bertz CT molecular complexity index is 656. The van der Waals surface area contributed by atoms with E-state index in [1.807, 2.05) is 48.5 Å². The molecule has 3 heterocycles. The first-order valence-corrected chi connectivity index (χ1v) is 13.4. The maximum atomic E-state index is 11.7. The quantitative estimate of drug-likeness (QED) is 0.281. The molecule has 0 spiro atoms. The van der Waals surface area contributed by atoms with Crippen LogP contribution in [0.2, 0.25) is 0 Å². The molecule has 3 fully saturated rings. The van der Waals surface area contributed by atoms with Crippen molar-refractivity contribution in [2.75, 3.05) is 39.4 Å². The molecular formula is C28H53BrMgN2O7.